The van der Waals surface area contributed by atoms with Crippen molar-refractivity contribution in [2.24, 2.45) is 0 Å². The van der Waals surface area contributed by atoms with E-state index in [-0.39, 0.29) is 5.75 Å². The van der Waals surface area contributed by atoms with Gasteiger partial charge >= 0.3 is 0 Å². The normalized spacial score (nSPS) is 19.2. The number of ether oxygens (including phenoxy) is 1. The van der Waals surface area contributed by atoms with Crippen LogP contribution in [-0.4, -0.2) is 58.7 Å². The summed E-state index contributed by atoms with van der Waals surface area (Å²) < 4.78 is 19.0. The Hall–Kier alpha value is -2.68. The van der Waals surface area contributed by atoms with E-state index < -0.39 is 5.82 Å². The molecular formula is C20H28FN7O. The molecule has 1 aromatic carbocycles. The second-order valence-corrected chi connectivity index (χ2v) is 7.50. The zero-order chi connectivity index (χ0) is 20.2. The zero-order valence-electron chi connectivity index (χ0n) is 16.9. The molecule has 9 heteroatoms. The van der Waals surface area contributed by atoms with Crippen LogP contribution in [0, 0.1) is 5.82 Å². The highest BCUT2D eigenvalue weighted by Crippen LogP contribution is 2.26. The standard InChI is InChI=1S/C20H28FN7O/c1-3-28-10-4-5-15(28)12-22-18-25-19(23-13-6-7-13)27-20(26-18)24-14-8-9-17(29-2)16(21)11-14/h8-9,11,13,15H,3-7,10,12H2,1-2H3,(H3,22,23,24,25,26,27). The molecule has 1 aliphatic heterocycles. The summed E-state index contributed by atoms with van der Waals surface area (Å²) in [6.45, 7) is 5.17. The van der Waals surface area contributed by atoms with Crippen LogP contribution in [0.25, 0.3) is 0 Å². The molecule has 4 rings (SSSR count). The predicted octanol–water partition coefficient (Wildman–Crippen LogP) is 3.23. The highest BCUT2D eigenvalue weighted by molar-refractivity contribution is 5.57. The molecule has 0 bridgehead atoms. The molecule has 3 N–H and O–H groups in total. The van der Waals surface area contributed by atoms with Crippen molar-refractivity contribution in [2.45, 2.75) is 44.7 Å². The average Bonchev–Trinajstić information content (AvgIpc) is 3.40. The van der Waals surface area contributed by atoms with Crippen LogP contribution >= 0.6 is 0 Å². The summed E-state index contributed by atoms with van der Waals surface area (Å²) in [5.41, 5.74) is 0.547. The van der Waals surface area contributed by atoms with Crippen LogP contribution in [0.4, 0.5) is 27.9 Å². The first-order valence-electron chi connectivity index (χ1n) is 10.3. The molecule has 2 fully saturated rings. The van der Waals surface area contributed by atoms with E-state index in [2.05, 4.69) is 42.7 Å². The molecule has 2 aromatic rings. The largest absolute Gasteiger partial charge is 0.494 e. The van der Waals surface area contributed by atoms with Gasteiger partial charge in [0.25, 0.3) is 0 Å². The van der Waals surface area contributed by atoms with Crippen LogP contribution < -0.4 is 20.7 Å². The quantitative estimate of drug-likeness (QED) is 0.590. The van der Waals surface area contributed by atoms with E-state index in [0.717, 1.165) is 32.5 Å². The Labute approximate surface area is 170 Å². The first-order chi connectivity index (χ1) is 14.1. The van der Waals surface area contributed by atoms with Gasteiger partial charge < -0.3 is 20.7 Å². The summed E-state index contributed by atoms with van der Waals surface area (Å²) in [7, 11) is 1.44. The van der Waals surface area contributed by atoms with Crippen molar-refractivity contribution in [2.75, 3.05) is 42.7 Å². The molecule has 0 spiro atoms. The van der Waals surface area contributed by atoms with Gasteiger partial charge in [0.2, 0.25) is 17.8 Å². The number of likely N-dealkylation sites (tertiary alicyclic amines) is 1. The van der Waals surface area contributed by atoms with Gasteiger partial charge in [-0.3, -0.25) is 4.90 Å². The zero-order valence-corrected chi connectivity index (χ0v) is 16.9. The van der Waals surface area contributed by atoms with Crippen LogP contribution in [-0.2, 0) is 0 Å². The van der Waals surface area contributed by atoms with Gasteiger partial charge in [0.1, 0.15) is 0 Å². The number of hydrogen-bond donors (Lipinski definition) is 3. The molecule has 2 heterocycles. The van der Waals surface area contributed by atoms with Gasteiger partial charge in [0.05, 0.1) is 7.11 Å². The van der Waals surface area contributed by atoms with Crippen molar-refractivity contribution in [3.63, 3.8) is 0 Å². The van der Waals surface area contributed by atoms with Gasteiger partial charge in [-0.1, -0.05) is 6.92 Å². The van der Waals surface area contributed by atoms with Gasteiger partial charge in [0, 0.05) is 30.4 Å². The van der Waals surface area contributed by atoms with E-state index in [0.29, 0.717) is 35.6 Å². The molecule has 1 atom stereocenters. The molecule has 156 valence electrons. The first kappa shape index (κ1) is 19.6. The van der Waals surface area contributed by atoms with Gasteiger partial charge in [0.15, 0.2) is 11.6 Å². The van der Waals surface area contributed by atoms with Crippen molar-refractivity contribution < 1.29 is 9.13 Å². The lowest BCUT2D eigenvalue weighted by atomic mass is 10.2. The molecule has 2 aliphatic rings. The Morgan fingerprint density at radius 1 is 1.14 bits per heavy atom. The van der Waals surface area contributed by atoms with Gasteiger partial charge in [-0.15, -0.1) is 0 Å². The second kappa shape index (κ2) is 8.77. The Bertz CT molecular complexity index is 846. The molecule has 1 unspecified atom stereocenters. The smallest absolute Gasteiger partial charge is 0.233 e. The van der Waals surface area contributed by atoms with Crippen molar-refractivity contribution in [3.8, 4) is 5.75 Å². The van der Waals surface area contributed by atoms with Crippen molar-refractivity contribution >= 4 is 23.5 Å². The topological polar surface area (TPSA) is 87.2 Å². The number of methoxy groups -OCH3 is 1. The minimum absolute atomic E-state index is 0.196. The Morgan fingerprint density at radius 2 is 1.93 bits per heavy atom. The molecular weight excluding hydrogens is 373 g/mol. The fraction of sp³-hybridized carbons (Fsp3) is 0.550. The van der Waals surface area contributed by atoms with E-state index >= 15 is 0 Å². The highest BCUT2D eigenvalue weighted by Gasteiger charge is 2.24. The average molecular weight is 401 g/mol. The van der Waals surface area contributed by atoms with E-state index in [4.69, 9.17) is 4.74 Å². The van der Waals surface area contributed by atoms with E-state index in [1.807, 2.05) is 0 Å². The van der Waals surface area contributed by atoms with Crippen LogP contribution in [0.5, 0.6) is 5.75 Å². The third-order valence-corrected chi connectivity index (χ3v) is 5.35. The monoisotopic (exact) mass is 401 g/mol. The van der Waals surface area contributed by atoms with E-state index in [1.54, 1.807) is 12.1 Å². The van der Waals surface area contributed by atoms with Crippen LogP contribution in [0.3, 0.4) is 0 Å². The molecule has 1 saturated heterocycles. The third-order valence-electron chi connectivity index (χ3n) is 5.35. The summed E-state index contributed by atoms with van der Waals surface area (Å²) in [5.74, 6) is 1.17. The number of benzene rings is 1. The molecule has 1 aliphatic carbocycles. The van der Waals surface area contributed by atoms with Crippen LogP contribution in [0.1, 0.15) is 32.6 Å². The minimum atomic E-state index is -0.442. The summed E-state index contributed by atoms with van der Waals surface area (Å²) >= 11 is 0. The Morgan fingerprint density at radius 3 is 2.66 bits per heavy atom. The van der Waals surface area contributed by atoms with Crippen molar-refractivity contribution in [1.82, 2.24) is 19.9 Å². The van der Waals surface area contributed by atoms with Crippen molar-refractivity contribution in [1.29, 1.82) is 0 Å². The number of likely N-dealkylation sites (N-methyl/N-ethyl adjacent to an activating group) is 1. The molecule has 0 radical (unpaired) electrons. The molecule has 0 amide bonds. The second-order valence-electron chi connectivity index (χ2n) is 7.50. The lowest BCUT2D eigenvalue weighted by molar-refractivity contribution is 0.277. The number of nitrogens with zero attached hydrogens (tertiary/aromatic N) is 4. The fourth-order valence-corrected chi connectivity index (χ4v) is 3.61. The maximum absolute atomic E-state index is 14.0. The minimum Gasteiger partial charge on any atom is -0.494 e. The number of halogens is 1. The molecule has 8 nitrogen and oxygen atoms in total. The summed E-state index contributed by atoms with van der Waals surface area (Å²) in [6, 6.07) is 5.57. The van der Waals surface area contributed by atoms with Crippen molar-refractivity contribution in [3.05, 3.63) is 24.0 Å². The van der Waals surface area contributed by atoms with Gasteiger partial charge in [-0.2, -0.15) is 15.0 Å². The van der Waals surface area contributed by atoms with E-state index in [1.165, 1.54) is 26.0 Å². The molecule has 29 heavy (non-hydrogen) atoms. The maximum atomic E-state index is 14.0. The lowest BCUT2D eigenvalue weighted by Gasteiger charge is -2.23. The first-order valence-corrected chi connectivity index (χ1v) is 10.3. The predicted molar refractivity (Wildman–Crippen MR) is 111 cm³/mol. The summed E-state index contributed by atoms with van der Waals surface area (Å²) in [4.78, 5) is 15.9. The van der Waals surface area contributed by atoms with E-state index in [9.17, 15) is 4.39 Å². The Kier molecular flexibility index (Phi) is 5.94. The fourth-order valence-electron chi connectivity index (χ4n) is 3.61. The maximum Gasteiger partial charge on any atom is 0.233 e. The lowest BCUT2D eigenvalue weighted by Crippen LogP contribution is -2.35. The number of aromatic nitrogens is 3. The summed E-state index contributed by atoms with van der Waals surface area (Å²) in [6.07, 6.45) is 4.64. The highest BCUT2D eigenvalue weighted by atomic mass is 19.1. The molecule has 1 aromatic heterocycles. The number of nitrogens with one attached hydrogen (secondary N) is 3. The Balaban J connectivity index is 1.49. The van der Waals surface area contributed by atoms with Gasteiger partial charge in [-0.25, -0.2) is 4.39 Å². The molecule has 1 saturated carbocycles. The number of rotatable bonds is 9. The number of anilines is 4. The van der Waals surface area contributed by atoms with Crippen LogP contribution in [0.2, 0.25) is 0 Å². The SMILES string of the molecule is CCN1CCCC1CNc1nc(Nc2ccc(OC)c(F)c2)nc(NC2CC2)n1. The number of hydrogen-bond acceptors (Lipinski definition) is 8. The summed E-state index contributed by atoms with van der Waals surface area (Å²) in [5, 5.41) is 9.75. The van der Waals surface area contributed by atoms with Gasteiger partial charge in [-0.05, 0) is 50.9 Å². The van der Waals surface area contributed by atoms with Crippen LogP contribution in [0.15, 0.2) is 18.2 Å². The third kappa shape index (κ3) is 5.03.